The van der Waals surface area contributed by atoms with E-state index in [-0.39, 0.29) is 5.92 Å². The number of hydrogen-bond donors (Lipinski definition) is 0. The Labute approximate surface area is 77.5 Å². The standard InChI is InChI=1S/C6H12Cl2O2Si/c1-4(2)6(3,5(9)10)11(7)8/h4,11H,1-3H3,(H,9,10)/p-1. The summed E-state index contributed by atoms with van der Waals surface area (Å²) in [7, 11) is -2.23. The molecule has 0 N–H and O–H groups in total. The van der Waals surface area contributed by atoms with Crippen LogP contribution in [0.5, 0.6) is 0 Å². The third-order valence-electron chi connectivity index (χ3n) is 2.09. The Bertz CT molecular complexity index is 151. The molecule has 0 aliphatic heterocycles. The molecule has 0 radical (unpaired) electrons. The van der Waals surface area contributed by atoms with Crippen molar-refractivity contribution >= 4 is 35.5 Å². The quantitative estimate of drug-likeness (QED) is 0.516. The van der Waals surface area contributed by atoms with Crippen molar-refractivity contribution in [1.82, 2.24) is 0 Å². The average molecular weight is 214 g/mol. The van der Waals surface area contributed by atoms with Crippen LogP contribution in [0.4, 0.5) is 0 Å². The molecule has 0 aliphatic rings. The summed E-state index contributed by atoms with van der Waals surface area (Å²) in [4.78, 5) is 10.7. The van der Waals surface area contributed by atoms with Crippen LogP contribution in [-0.4, -0.2) is 13.4 Å². The van der Waals surface area contributed by atoms with Gasteiger partial charge in [-0.05, 0) is 5.92 Å². The van der Waals surface area contributed by atoms with Crippen molar-refractivity contribution in [2.45, 2.75) is 25.8 Å². The van der Waals surface area contributed by atoms with E-state index in [1.54, 1.807) is 20.8 Å². The number of aliphatic carboxylic acids is 1. The smallest absolute Gasteiger partial charge is 0.248 e. The Hall–Kier alpha value is 0.267. The minimum atomic E-state index is -2.23. The van der Waals surface area contributed by atoms with Crippen LogP contribution in [0.1, 0.15) is 20.8 Å². The van der Waals surface area contributed by atoms with Crippen molar-refractivity contribution in [3.63, 3.8) is 0 Å². The fraction of sp³-hybridized carbons (Fsp3) is 0.833. The monoisotopic (exact) mass is 213 g/mol. The molecule has 2 nitrogen and oxygen atoms in total. The molecule has 0 amide bonds. The van der Waals surface area contributed by atoms with Gasteiger partial charge in [0.05, 0.1) is 0 Å². The summed E-state index contributed by atoms with van der Waals surface area (Å²) in [6.45, 7) is 5.10. The maximum Gasteiger partial charge on any atom is 0.248 e. The highest BCUT2D eigenvalue weighted by atomic mass is 35.7. The summed E-state index contributed by atoms with van der Waals surface area (Å²) >= 11 is 11.3. The van der Waals surface area contributed by atoms with Gasteiger partial charge in [0.1, 0.15) is 0 Å². The van der Waals surface area contributed by atoms with Gasteiger partial charge >= 0.3 is 0 Å². The maximum atomic E-state index is 10.7. The first-order chi connectivity index (χ1) is 4.83. The molecule has 0 bridgehead atoms. The summed E-state index contributed by atoms with van der Waals surface area (Å²) in [5, 5.41) is 9.63. The van der Waals surface area contributed by atoms with E-state index in [1.165, 1.54) is 0 Å². The third kappa shape index (κ3) is 2.10. The molecule has 0 aromatic rings. The molecule has 0 saturated heterocycles. The molecular weight excluding hydrogens is 203 g/mol. The largest absolute Gasteiger partial charge is 0.550 e. The Morgan fingerprint density at radius 2 is 1.91 bits per heavy atom. The molecule has 0 aromatic heterocycles. The van der Waals surface area contributed by atoms with Gasteiger partial charge in [-0.1, -0.05) is 20.8 Å². The van der Waals surface area contributed by atoms with Crippen molar-refractivity contribution in [2.24, 2.45) is 5.92 Å². The van der Waals surface area contributed by atoms with Crippen molar-refractivity contribution in [3.8, 4) is 0 Å². The number of carboxylic acid groups (broad SMARTS) is 1. The molecule has 0 rings (SSSR count). The lowest BCUT2D eigenvalue weighted by Crippen LogP contribution is -2.44. The second kappa shape index (κ2) is 3.78. The van der Waals surface area contributed by atoms with Gasteiger partial charge in [-0.15, -0.1) is 22.2 Å². The van der Waals surface area contributed by atoms with Crippen molar-refractivity contribution in [2.75, 3.05) is 0 Å². The maximum absolute atomic E-state index is 10.7. The Balaban J connectivity index is 4.67. The van der Waals surface area contributed by atoms with E-state index in [4.69, 9.17) is 22.2 Å². The number of carbonyl (C=O) groups excluding carboxylic acids is 1. The third-order valence-corrected chi connectivity index (χ3v) is 6.62. The van der Waals surface area contributed by atoms with Crippen LogP contribution in [0.15, 0.2) is 0 Å². The molecule has 0 saturated carbocycles. The number of halogens is 2. The molecule has 0 spiro atoms. The number of carboxylic acids is 1. The molecule has 66 valence electrons. The second-order valence-corrected chi connectivity index (χ2v) is 8.12. The van der Waals surface area contributed by atoms with Crippen LogP contribution < -0.4 is 5.11 Å². The Morgan fingerprint density at radius 1 is 1.55 bits per heavy atom. The van der Waals surface area contributed by atoms with E-state index in [1.807, 2.05) is 0 Å². The molecule has 1 atom stereocenters. The zero-order valence-corrected chi connectivity index (χ0v) is 9.39. The predicted octanol–water partition coefficient (Wildman–Crippen LogP) is 0.851. The van der Waals surface area contributed by atoms with Crippen LogP contribution >= 0.6 is 22.2 Å². The summed E-state index contributed by atoms with van der Waals surface area (Å²) in [6, 6.07) is 0. The lowest BCUT2D eigenvalue weighted by atomic mass is 9.97. The van der Waals surface area contributed by atoms with Crippen LogP contribution in [0.2, 0.25) is 5.04 Å². The van der Waals surface area contributed by atoms with E-state index >= 15 is 0 Å². The SMILES string of the molecule is CC(C)C(C)(C(=O)[O-])[SiH](Cl)Cl. The highest BCUT2D eigenvalue weighted by molar-refractivity contribution is 7.35. The normalized spacial score (nSPS) is 17.0. The molecular formula is C6H11Cl2O2Si-. The van der Waals surface area contributed by atoms with Crippen molar-refractivity contribution in [3.05, 3.63) is 0 Å². The molecule has 1 unspecified atom stereocenters. The molecule has 5 heteroatoms. The van der Waals surface area contributed by atoms with E-state index in [9.17, 15) is 9.90 Å². The van der Waals surface area contributed by atoms with Gasteiger partial charge in [-0.25, -0.2) is 0 Å². The van der Waals surface area contributed by atoms with Gasteiger partial charge in [-0.3, -0.25) is 0 Å². The predicted molar refractivity (Wildman–Crippen MR) is 47.1 cm³/mol. The zero-order chi connectivity index (χ0) is 9.23. The molecule has 11 heavy (non-hydrogen) atoms. The first kappa shape index (κ1) is 11.3. The highest BCUT2D eigenvalue weighted by Gasteiger charge is 2.38. The van der Waals surface area contributed by atoms with Crippen LogP contribution in [0, 0.1) is 5.92 Å². The fourth-order valence-electron chi connectivity index (χ4n) is 0.577. The lowest BCUT2D eigenvalue weighted by Gasteiger charge is -2.34. The number of rotatable bonds is 3. The van der Waals surface area contributed by atoms with E-state index in [0.29, 0.717) is 0 Å². The van der Waals surface area contributed by atoms with Gasteiger partial charge in [0.2, 0.25) is 7.42 Å². The topological polar surface area (TPSA) is 40.1 Å². The minimum Gasteiger partial charge on any atom is -0.550 e. The zero-order valence-electron chi connectivity index (χ0n) is 6.73. The Morgan fingerprint density at radius 3 is 1.91 bits per heavy atom. The van der Waals surface area contributed by atoms with Crippen molar-refractivity contribution in [1.29, 1.82) is 0 Å². The molecule has 0 aromatic carbocycles. The lowest BCUT2D eigenvalue weighted by molar-refractivity contribution is -0.311. The summed E-state index contributed by atoms with van der Waals surface area (Å²) in [5.41, 5.74) is 0. The highest BCUT2D eigenvalue weighted by Crippen LogP contribution is 2.40. The molecule has 0 aliphatic carbocycles. The van der Waals surface area contributed by atoms with Crippen LogP contribution in [0.25, 0.3) is 0 Å². The average Bonchev–Trinajstić information content (AvgIpc) is 1.84. The summed E-state index contributed by atoms with van der Waals surface area (Å²) < 4.78 is 0. The van der Waals surface area contributed by atoms with E-state index < -0.39 is 18.4 Å². The van der Waals surface area contributed by atoms with Gasteiger partial charge in [0, 0.05) is 11.0 Å². The molecule has 0 fully saturated rings. The van der Waals surface area contributed by atoms with Crippen LogP contribution in [0.3, 0.4) is 0 Å². The van der Waals surface area contributed by atoms with Gasteiger partial charge in [0.15, 0.2) is 0 Å². The minimum absolute atomic E-state index is 0.0841. The van der Waals surface area contributed by atoms with Crippen LogP contribution in [-0.2, 0) is 4.79 Å². The number of carbonyl (C=O) groups is 1. The van der Waals surface area contributed by atoms with E-state index in [0.717, 1.165) is 0 Å². The first-order valence-corrected chi connectivity index (χ1v) is 7.40. The first-order valence-electron chi connectivity index (χ1n) is 3.33. The second-order valence-electron chi connectivity index (χ2n) is 3.03. The summed E-state index contributed by atoms with van der Waals surface area (Å²) in [6.07, 6.45) is 0. The van der Waals surface area contributed by atoms with Gasteiger partial charge in [-0.2, -0.15) is 0 Å². The van der Waals surface area contributed by atoms with Gasteiger partial charge < -0.3 is 9.90 Å². The van der Waals surface area contributed by atoms with E-state index in [2.05, 4.69) is 0 Å². The Kier molecular flexibility index (Phi) is 3.87. The fourth-order valence-corrected chi connectivity index (χ4v) is 3.31. The van der Waals surface area contributed by atoms with Gasteiger partial charge in [0.25, 0.3) is 0 Å². The molecule has 0 heterocycles. The number of hydrogen-bond acceptors (Lipinski definition) is 2. The van der Waals surface area contributed by atoms with Crippen molar-refractivity contribution < 1.29 is 9.90 Å². The summed E-state index contributed by atoms with van der Waals surface area (Å²) in [5.74, 6) is -1.23.